The van der Waals surface area contributed by atoms with Crippen molar-refractivity contribution < 1.29 is 18.8 Å². The van der Waals surface area contributed by atoms with Crippen LogP contribution in [-0.2, 0) is 22.7 Å². The third kappa shape index (κ3) is 4.05. The molecule has 0 aromatic carbocycles. The normalized spacial score (nSPS) is 17.0. The number of hydrogen-bond acceptors (Lipinski definition) is 7. The van der Waals surface area contributed by atoms with Gasteiger partial charge in [0.15, 0.2) is 5.82 Å². The van der Waals surface area contributed by atoms with Crippen molar-refractivity contribution in [2.24, 2.45) is 0 Å². The highest BCUT2D eigenvalue weighted by molar-refractivity contribution is 7.14. The van der Waals surface area contributed by atoms with Crippen LogP contribution in [-0.4, -0.2) is 40.5 Å². The molecular formula is C16H20N4O4S. The Balaban J connectivity index is 1.59. The van der Waals surface area contributed by atoms with E-state index in [0.717, 1.165) is 24.3 Å². The number of thiophene rings is 1. The van der Waals surface area contributed by atoms with Gasteiger partial charge in [0.2, 0.25) is 11.8 Å². The number of methoxy groups -OCH3 is 1. The van der Waals surface area contributed by atoms with E-state index in [4.69, 9.17) is 9.26 Å². The number of ether oxygens (including phenoxy) is 1. The van der Waals surface area contributed by atoms with E-state index in [1.54, 1.807) is 20.1 Å². The van der Waals surface area contributed by atoms with Crippen molar-refractivity contribution in [1.29, 1.82) is 0 Å². The summed E-state index contributed by atoms with van der Waals surface area (Å²) < 4.78 is 9.95. The van der Waals surface area contributed by atoms with Crippen LogP contribution in [0.2, 0.25) is 0 Å². The number of rotatable bonds is 6. The highest BCUT2D eigenvalue weighted by atomic mass is 32.1. The molecule has 25 heavy (non-hydrogen) atoms. The molecule has 0 radical (unpaired) electrons. The number of likely N-dealkylation sites (tertiary alicyclic amines) is 1. The first kappa shape index (κ1) is 17.6. The standard InChI is InChI=1S/C16H20N4O4S/c1-10(21)20-7-3-4-11(20)12-5-6-13(25-12)16(22)17-8-15-18-14(9-23-2)19-24-15/h5-6,11H,3-4,7-9H2,1-2H3,(H,17,22)/t11-/m0/s1. The summed E-state index contributed by atoms with van der Waals surface area (Å²) in [6.45, 7) is 2.79. The molecule has 1 N–H and O–H groups in total. The van der Waals surface area contributed by atoms with Crippen molar-refractivity contribution in [3.05, 3.63) is 33.6 Å². The van der Waals surface area contributed by atoms with Crippen LogP contribution >= 0.6 is 11.3 Å². The van der Waals surface area contributed by atoms with Crippen LogP contribution in [0.15, 0.2) is 16.7 Å². The third-order valence-corrected chi connectivity index (χ3v) is 5.21. The maximum atomic E-state index is 12.3. The average Bonchev–Trinajstić information content (AvgIpc) is 3.32. The molecular weight excluding hydrogens is 344 g/mol. The van der Waals surface area contributed by atoms with Crippen LogP contribution in [0.1, 0.15) is 52.1 Å². The Morgan fingerprint density at radius 1 is 1.48 bits per heavy atom. The summed E-state index contributed by atoms with van der Waals surface area (Å²) in [5, 5.41) is 6.50. The number of carbonyl (C=O) groups is 2. The predicted molar refractivity (Wildman–Crippen MR) is 89.9 cm³/mol. The van der Waals surface area contributed by atoms with E-state index >= 15 is 0 Å². The largest absolute Gasteiger partial charge is 0.377 e. The Hall–Kier alpha value is -2.26. The SMILES string of the molecule is COCc1noc(CNC(=O)c2ccc([C@@H]3CCCN3C(C)=O)s2)n1. The van der Waals surface area contributed by atoms with Crippen LogP contribution in [0.4, 0.5) is 0 Å². The Labute approximate surface area is 149 Å². The van der Waals surface area contributed by atoms with Gasteiger partial charge in [-0.15, -0.1) is 11.3 Å². The second-order valence-electron chi connectivity index (χ2n) is 5.79. The maximum absolute atomic E-state index is 12.3. The van der Waals surface area contributed by atoms with Gasteiger partial charge in [-0.25, -0.2) is 0 Å². The van der Waals surface area contributed by atoms with Crippen LogP contribution in [0, 0.1) is 0 Å². The summed E-state index contributed by atoms with van der Waals surface area (Å²) in [6, 6.07) is 3.79. The van der Waals surface area contributed by atoms with Gasteiger partial charge in [0.05, 0.1) is 17.5 Å². The summed E-state index contributed by atoms with van der Waals surface area (Å²) in [5.41, 5.74) is 0. The minimum absolute atomic E-state index is 0.0742. The monoisotopic (exact) mass is 364 g/mol. The van der Waals surface area contributed by atoms with Gasteiger partial charge in [0.25, 0.3) is 5.91 Å². The molecule has 2 amide bonds. The Kier molecular flexibility index (Phi) is 5.44. The summed E-state index contributed by atoms with van der Waals surface area (Å²) in [6.07, 6.45) is 1.93. The molecule has 1 aliphatic heterocycles. The van der Waals surface area contributed by atoms with Gasteiger partial charge in [-0.05, 0) is 25.0 Å². The molecule has 1 fully saturated rings. The fraction of sp³-hybridized carbons (Fsp3) is 0.500. The maximum Gasteiger partial charge on any atom is 0.261 e. The Morgan fingerprint density at radius 2 is 2.32 bits per heavy atom. The van der Waals surface area contributed by atoms with Crippen molar-refractivity contribution >= 4 is 23.2 Å². The van der Waals surface area contributed by atoms with Gasteiger partial charge >= 0.3 is 0 Å². The van der Waals surface area contributed by atoms with Crippen LogP contribution < -0.4 is 5.32 Å². The summed E-state index contributed by atoms with van der Waals surface area (Å²) in [4.78, 5) is 31.6. The zero-order valence-corrected chi connectivity index (χ0v) is 15.0. The van der Waals surface area contributed by atoms with Gasteiger partial charge in [-0.3, -0.25) is 9.59 Å². The number of hydrogen-bond donors (Lipinski definition) is 1. The lowest BCUT2D eigenvalue weighted by Crippen LogP contribution is -2.27. The lowest BCUT2D eigenvalue weighted by atomic mass is 10.2. The summed E-state index contributed by atoms with van der Waals surface area (Å²) >= 11 is 1.42. The van der Waals surface area contributed by atoms with E-state index in [-0.39, 0.29) is 31.0 Å². The van der Waals surface area contributed by atoms with E-state index in [1.165, 1.54) is 11.3 Å². The molecule has 0 unspecified atom stereocenters. The van der Waals surface area contributed by atoms with Gasteiger partial charge in [-0.2, -0.15) is 4.98 Å². The highest BCUT2D eigenvalue weighted by Crippen LogP contribution is 2.35. The number of nitrogens with zero attached hydrogens (tertiary/aromatic N) is 3. The number of amides is 2. The van der Waals surface area contributed by atoms with Crippen LogP contribution in [0.25, 0.3) is 0 Å². The van der Waals surface area contributed by atoms with Crippen molar-refractivity contribution in [3.8, 4) is 0 Å². The van der Waals surface area contributed by atoms with Gasteiger partial charge in [0, 0.05) is 25.5 Å². The Morgan fingerprint density at radius 3 is 3.08 bits per heavy atom. The lowest BCUT2D eigenvalue weighted by molar-refractivity contribution is -0.129. The van der Waals surface area contributed by atoms with Crippen molar-refractivity contribution in [3.63, 3.8) is 0 Å². The van der Waals surface area contributed by atoms with Crippen LogP contribution in [0.5, 0.6) is 0 Å². The molecule has 9 heteroatoms. The fourth-order valence-corrected chi connectivity index (χ4v) is 3.96. The molecule has 2 aromatic rings. The quantitative estimate of drug-likeness (QED) is 0.841. The molecule has 0 saturated carbocycles. The van der Waals surface area contributed by atoms with Crippen molar-refractivity contribution in [1.82, 2.24) is 20.4 Å². The van der Waals surface area contributed by atoms with Gasteiger partial charge in [-0.1, -0.05) is 5.16 Å². The highest BCUT2D eigenvalue weighted by Gasteiger charge is 2.29. The predicted octanol–water partition coefficient (Wildman–Crippen LogP) is 1.89. The molecule has 0 bridgehead atoms. The minimum Gasteiger partial charge on any atom is -0.377 e. The van der Waals surface area contributed by atoms with E-state index in [9.17, 15) is 9.59 Å². The second-order valence-corrected chi connectivity index (χ2v) is 6.91. The summed E-state index contributed by atoms with van der Waals surface area (Å²) in [5.74, 6) is 0.645. The first-order valence-electron chi connectivity index (χ1n) is 8.04. The van der Waals surface area contributed by atoms with E-state index in [1.807, 2.05) is 11.0 Å². The molecule has 134 valence electrons. The first-order valence-corrected chi connectivity index (χ1v) is 8.85. The topological polar surface area (TPSA) is 97.6 Å². The molecule has 1 saturated heterocycles. The number of nitrogens with one attached hydrogen (secondary N) is 1. The first-order chi connectivity index (χ1) is 12.1. The zero-order chi connectivity index (χ0) is 17.8. The molecule has 0 aliphatic carbocycles. The smallest absolute Gasteiger partial charge is 0.261 e. The molecule has 1 atom stereocenters. The molecule has 0 spiro atoms. The average molecular weight is 364 g/mol. The second kappa shape index (κ2) is 7.75. The molecule has 1 aliphatic rings. The van der Waals surface area contributed by atoms with E-state index < -0.39 is 0 Å². The fourth-order valence-electron chi connectivity index (χ4n) is 2.89. The molecule has 3 rings (SSSR count). The number of carbonyl (C=O) groups excluding carboxylic acids is 2. The molecule has 8 nitrogen and oxygen atoms in total. The van der Waals surface area contributed by atoms with Crippen molar-refractivity contribution in [2.75, 3.05) is 13.7 Å². The van der Waals surface area contributed by atoms with E-state index in [0.29, 0.717) is 16.6 Å². The Bertz CT molecular complexity index is 757. The zero-order valence-electron chi connectivity index (χ0n) is 14.2. The van der Waals surface area contributed by atoms with E-state index in [2.05, 4.69) is 15.5 Å². The van der Waals surface area contributed by atoms with Crippen molar-refractivity contribution in [2.45, 2.75) is 39.0 Å². The molecule has 3 heterocycles. The van der Waals surface area contributed by atoms with Gasteiger partial charge in [0.1, 0.15) is 6.61 Å². The van der Waals surface area contributed by atoms with Crippen LogP contribution in [0.3, 0.4) is 0 Å². The lowest BCUT2D eigenvalue weighted by Gasteiger charge is -2.21. The van der Waals surface area contributed by atoms with Gasteiger partial charge < -0.3 is 19.5 Å². The minimum atomic E-state index is -0.199. The number of aromatic nitrogens is 2. The summed E-state index contributed by atoms with van der Waals surface area (Å²) in [7, 11) is 1.55. The third-order valence-electron chi connectivity index (χ3n) is 4.02. The molecule has 2 aromatic heterocycles.